The highest BCUT2D eigenvalue weighted by atomic mass is 19.1. The first-order valence-electron chi connectivity index (χ1n) is 8.15. The Labute approximate surface area is 151 Å². The number of amides is 1. The molecule has 132 valence electrons. The Kier molecular flexibility index (Phi) is 5.83. The largest absolute Gasteiger partial charge is 0.489 e. The van der Waals surface area contributed by atoms with Crippen molar-refractivity contribution in [2.45, 2.75) is 6.61 Å². The van der Waals surface area contributed by atoms with Crippen molar-refractivity contribution >= 4 is 11.6 Å². The molecule has 0 aromatic heterocycles. The van der Waals surface area contributed by atoms with Crippen molar-refractivity contribution < 1.29 is 18.7 Å². The number of carbonyl (C=O) groups is 1. The Hall–Kier alpha value is -3.34. The fourth-order valence-electron chi connectivity index (χ4n) is 2.27. The number of para-hydroxylation sites is 1. The first kappa shape index (κ1) is 17.5. The van der Waals surface area contributed by atoms with Gasteiger partial charge in [-0.1, -0.05) is 42.5 Å². The van der Waals surface area contributed by atoms with Crippen LogP contribution in [0.3, 0.4) is 0 Å². The van der Waals surface area contributed by atoms with Gasteiger partial charge in [-0.15, -0.1) is 0 Å². The minimum atomic E-state index is -0.485. The Morgan fingerprint density at radius 1 is 0.808 bits per heavy atom. The molecule has 4 nitrogen and oxygen atoms in total. The fraction of sp³-hybridized carbons (Fsp3) is 0.0952. The average molecular weight is 351 g/mol. The third-order valence-electron chi connectivity index (χ3n) is 3.59. The predicted molar refractivity (Wildman–Crippen MR) is 97.7 cm³/mol. The van der Waals surface area contributed by atoms with Gasteiger partial charge in [-0.3, -0.25) is 4.79 Å². The molecule has 0 aliphatic rings. The molecule has 0 heterocycles. The van der Waals surface area contributed by atoms with Crippen molar-refractivity contribution in [3.63, 3.8) is 0 Å². The highest BCUT2D eigenvalue weighted by molar-refractivity contribution is 5.91. The first-order valence-corrected chi connectivity index (χ1v) is 8.15. The van der Waals surface area contributed by atoms with Crippen molar-refractivity contribution in [1.82, 2.24) is 0 Å². The molecule has 0 saturated carbocycles. The van der Waals surface area contributed by atoms with Gasteiger partial charge in [0.05, 0.1) is 5.69 Å². The van der Waals surface area contributed by atoms with Gasteiger partial charge in [0.1, 0.15) is 23.9 Å². The summed E-state index contributed by atoms with van der Waals surface area (Å²) in [5, 5.41) is 2.47. The molecule has 5 heteroatoms. The first-order chi connectivity index (χ1) is 12.7. The Bertz CT molecular complexity index is 851. The lowest BCUT2D eigenvalue weighted by Crippen LogP contribution is -2.20. The SMILES string of the molecule is O=C(COc1ccc(OCc2ccccc2)cc1)Nc1ccccc1F. The highest BCUT2D eigenvalue weighted by Crippen LogP contribution is 2.19. The molecule has 1 amide bonds. The lowest BCUT2D eigenvalue weighted by Gasteiger charge is -2.09. The molecule has 26 heavy (non-hydrogen) atoms. The normalized spacial score (nSPS) is 10.2. The van der Waals surface area contributed by atoms with Crippen LogP contribution in [0.2, 0.25) is 0 Å². The fourth-order valence-corrected chi connectivity index (χ4v) is 2.27. The van der Waals surface area contributed by atoms with Crippen molar-refractivity contribution in [2.24, 2.45) is 0 Å². The summed E-state index contributed by atoms with van der Waals surface area (Å²) in [5.74, 6) is 0.318. The zero-order valence-electron chi connectivity index (χ0n) is 14.0. The molecule has 1 N–H and O–H groups in total. The highest BCUT2D eigenvalue weighted by Gasteiger charge is 2.07. The number of ether oxygens (including phenoxy) is 2. The van der Waals surface area contributed by atoms with E-state index in [4.69, 9.17) is 9.47 Å². The summed E-state index contributed by atoms with van der Waals surface area (Å²) in [7, 11) is 0. The maximum absolute atomic E-state index is 13.5. The summed E-state index contributed by atoms with van der Waals surface area (Å²) >= 11 is 0. The van der Waals surface area contributed by atoms with Gasteiger partial charge in [-0.05, 0) is 42.0 Å². The maximum atomic E-state index is 13.5. The van der Waals surface area contributed by atoms with E-state index in [0.717, 1.165) is 5.56 Å². The van der Waals surface area contributed by atoms with E-state index in [2.05, 4.69) is 5.32 Å². The van der Waals surface area contributed by atoms with Crippen LogP contribution < -0.4 is 14.8 Å². The summed E-state index contributed by atoms with van der Waals surface area (Å²) < 4.78 is 24.6. The van der Waals surface area contributed by atoms with Crippen LogP contribution >= 0.6 is 0 Å². The van der Waals surface area contributed by atoms with Crippen molar-refractivity contribution in [3.8, 4) is 11.5 Å². The van der Waals surface area contributed by atoms with Gasteiger partial charge in [0.25, 0.3) is 5.91 Å². The molecule has 0 aliphatic heterocycles. The van der Waals surface area contributed by atoms with Crippen LogP contribution in [0.4, 0.5) is 10.1 Å². The van der Waals surface area contributed by atoms with Crippen LogP contribution in [0.15, 0.2) is 78.9 Å². The van der Waals surface area contributed by atoms with Gasteiger partial charge in [0.2, 0.25) is 0 Å². The third-order valence-corrected chi connectivity index (χ3v) is 3.59. The summed E-state index contributed by atoms with van der Waals surface area (Å²) in [6.07, 6.45) is 0. The van der Waals surface area contributed by atoms with Crippen molar-refractivity contribution in [1.29, 1.82) is 0 Å². The van der Waals surface area contributed by atoms with Crippen molar-refractivity contribution in [2.75, 3.05) is 11.9 Å². The van der Waals surface area contributed by atoms with E-state index in [0.29, 0.717) is 18.1 Å². The summed E-state index contributed by atoms with van der Waals surface area (Å²) in [6.45, 7) is 0.268. The summed E-state index contributed by atoms with van der Waals surface area (Å²) in [6, 6.07) is 22.8. The number of rotatable bonds is 7. The molecule has 0 spiro atoms. The van der Waals surface area contributed by atoms with Crippen molar-refractivity contribution in [3.05, 3.63) is 90.2 Å². The van der Waals surface area contributed by atoms with Crippen LogP contribution in [0.1, 0.15) is 5.56 Å². The lowest BCUT2D eigenvalue weighted by atomic mass is 10.2. The predicted octanol–water partition coefficient (Wildman–Crippen LogP) is 4.42. The number of halogens is 1. The van der Waals surface area contributed by atoms with Crippen LogP contribution in [-0.4, -0.2) is 12.5 Å². The zero-order chi connectivity index (χ0) is 18.2. The van der Waals surface area contributed by atoms with Crippen LogP contribution in [0, 0.1) is 5.82 Å². The molecule has 3 aromatic carbocycles. The van der Waals surface area contributed by atoms with Gasteiger partial charge in [-0.2, -0.15) is 0 Å². The second-order valence-electron chi connectivity index (χ2n) is 5.56. The van der Waals surface area contributed by atoms with E-state index >= 15 is 0 Å². The molecule has 0 aliphatic carbocycles. The smallest absolute Gasteiger partial charge is 0.262 e. The number of hydrogen-bond donors (Lipinski definition) is 1. The van der Waals surface area contributed by atoms with E-state index in [-0.39, 0.29) is 12.3 Å². The average Bonchev–Trinajstić information content (AvgIpc) is 2.68. The quantitative estimate of drug-likeness (QED) is 0.685. The number of benzene rings is 3. The van der Waals surface area contributed by atoms with E-state index in [1.165, 1.54) is 12.1 Å². The minimum Gasteiger partial charge on any atom is -0.489 e. The van der Waals surface area contributed by atoms with Crippen LogP contribution in [-0.2, 0) is 11.4 Å². The lowest BCUT2D eigenvalue weighted by molar-refractivity contribution is -0.118. The summed E-state index contributed by atoms with van der Waals surface area (Å²) in [4.78, 5) is 11.8. The van der Waals surface area contributed by atoms with Gasteiger partial charge >= 0.3 is 0 Å². The Balaban J connectivity index is 1.46. The molecular formula is C21H18FNO3. The van der Waals surface area contributed by atoms with Crippen LogP contribution in [0.25, 0.3) is 0 Å². The summed E-state index contributed by atoms with van der Waals surface area (Å²) in [5.41, 5.74) is 1.21. The monoisotopic (exact) mass is 351 g/mol. The molecule has 0 atom stereocenters. The molecule has 0 fully saturated rings. The van der Waals surface area contributed by atoms with Crippen LogP contribution in [0.5, 0.6) is 11.5 Å². The standard InChI is InChI=1S/C21H18FNO3/c22-19-8-4-5-9-20(19)23-21(24)15-26-18-12-10-17(11-13-18)25-14-16-6-2-1-3-7-16/h1-13H,14-15H2,(H,23,24). The molecule has 0 radical (unpaired) electrons. The Morgan fingerprint density at radius 3 is 2.12 bits per heavy atom. The maximum Gasteiger partial charge on any atom is 0.262 e. The molecule has 3 aromatic rings. The molecule has 0 saturated heterocycles. The number of nitrogens with one attached hydrogen (secondary N) is 1. The van der Waals surface area contributed by atoms with Gasteiger partial charge < -0.3 is 14.8 Å². The van der Waals surface area contributed by atoms with Gasteiger partial charge in [0.15, 0.2) is 6.61 Å². The zero-order valence-corrected chi connectivity index (χ0v) is 14.0. The molecular weight excluding hydrogens is 333 g/mol. The van der Waals surface area contributed by atoms with Gasteiger partial charge in [0, 0.05) is 0 Å². The topological polar surface area (TPSA) is 47.6 Å². The number of carbonyl (C=O) groups excluding carboxylic acids is 1. The third kappa shape index (κ3) is 5.08. The molecule has 0 bridgehead atoms. The second kappa shape index (κ2) is 8.67. The molecule has 0 unspecified atom stereocenters. The molecule has 3 rings (SSSR count). The Morgan fingerprint density at radius 2 is 1.42 bits per heavy atom. The second-order valence-corrected chi connectivity index (χ2v) is 5.56. The number of hydrogen-bond acceptors (Lipinski definition) is 3. The van der Waals surface area contributed by atoms with E-state index in [1.54, 1.807) is 36.4 Å². The van der Waals surface area contributed by atoms with Gasteiger partial charge in [-0.25, -0.2) is 4.39 Å². The van der Waals surface area contributed by atoms with E-state index in [9.17, 15) is 9.18 Å². The minimum absolute atomic E-state index is 0.130. The van der Waals surface area contributed by atoms with E-state index < -0.39 is 11.7 Å². The number of anilines is 1. The van der Waals surface area contributed by atoms with E-state index in [1.807, 2.05) is 30.3 Å².